The average Bonchev–Trinajstić information content (AvgIpc) is 2.42. The summed E-state index contributed by atoms with van der Waals surface area (Å²) in [5.74, 6) is -0.159. The van der Waals surface area contributed by atoms with Crippen molar-refractivity contribution in [2.45, 2.75) is 13.3 Å². The number of carbonyl (C=O) groups is 1. The number of benzene rings is 1. The fourth-order valence-electron chi connectivity index (χ4n) is 1.95. The van der Waals surface area contributed by atoms with Crippen LogP contribution in [0.5, 0.6) is 0 Å². The fourth-order valence-corrected chi connectivity index (χ4v) is 2.20. The number of amides is 1. The molecule has 0 bridgehead atoms. The standard InChI is InChI=1S/C14H20ClN3O3/c1-4-17(9-5-8-16(2)3)14(19)11-6-7-13(18(20)21)12(15)10-11/h6-7,10H,4-5,8-9H2,1-3H3. The Hall–Kier alpha value is -1.66. The van der Waals surface area contributed by atoms with Gasteiger partial charge in [-0.05, 0) is 46.1 Å². The molecule has 0 aromatic heterocycles. The molecule has 0 N–H and O–H groups in total. The van der Waals surface area contributed by atoms with E-state index in [0.29, 0.717) is 18.7 Å². The van der Waals surface area contributed by atoms with E-state index in [4.69, 9.17) is 11.6 Å². The van der Waals surface area contributed by atoms with E-state index in [-0.39, 0.29) is 16.6 Å². The van der Waals surface area contributed by atoms with Crippen molar-refractivity contribution >= 4 is 23.2 Å². The van der Waals surface area contributed by atoms with E-state index in [0.717, 1.165) is 13.0 Å². The van der Waals surface area contributed by atoms with Crippen LogP contribution in [0.3, 0.4) is 0 Å². The van der Waals surface area contributed by atoms with E-state index in [2.05, 4.69) is 4.90 Å². The van der Waals surface area contributed by atoms with Gasteiger partial charge in [-0.25, -0.2) is 0 Å². The first-order chi connectivity index (χ1) is 9.86. The Balaban J connectivity index is 2.80. The predicted octanol–water partition coefficient (Wildman–Crippen LogP) is 2.66. The molecule has 0 atom stereocenters. The summed E-state index contributed by atoms with van der Waals surface area (Å²) in [5, 5.41) is 10.7. The minimum atomic E-state index is -0.564. The maximum atomic E-state index is 12.4. The Morgan fingerprint density at radius 1 is 1.33 bits per heavy atom. The van der Waals surface area contributed by atoms with Gasteiger partial charge in [0.15, 0.2) is 0 Å². The van der Waals surface area contributed by atoms with E-state index in [1.165, 1.54) is 18.2 Å². The van der Waals surface area contributed by atoms with Crippen LogP contribution in [0.2, 0.25) is 5.02 Å². The number of hydrogen-bond donors (Lipinski definition) is 0. The summed E-state index contributed by atoms with van der Waals surface area (Å²) >= 11 is 5.84. The Labute approximate surface area is 129 Å². The normalized spacial score (nSPS) is 10.7. The van der Waals surface area contributed by atoms with Crippen LogP contribution in [0.4, 0.5) is 5.69 Å². The summed E-state index contributed by atoms with van der Waals surface area (Å²) in [5.41, 5.74) is 0.182. The SMILES string of the molecule is CCN(CCCN(C)C)C(=O)c1ccc([N+](=O)[O-])c(Cl)c1. The third-order valence-electron chi connectivity index (χ3n) is 3.09. The van der Waals surface area contributed by atoms with Gasteiger partial charge in [0.05, 0.1) is 4.92 Å². The Kier molecular flexibility index (Phi) is 6.58. The molecule has 7 heteroatoms. The summed E-state index contributed by atoms with van der Waals surface area (Å²) in [6.07, 6.45) is 0.868. The minimum Gasteiger partial charge on any atom is -0.339 e. The molecule has 0 aliphatic rings. The Morgan fingerprint density at radius 3 is 2.48 bits per heavy atom. The van der Waals surface area contributed by atoms with Gasteiger partial charge in [0.1, 0.15) is 5.02 Å². The number of nitrogens with zero attached hydrogens (tertiary/aromatic N) is 3. The highest BCUT2D eigenvalue weighted by atomic mass is 35.5. The number of nitro benzene ring substituents is 1. The van der Waals surface area contributed by atoms with Crippen molar-refractivity contribution in [3.8, 4) is 0 Å². The van der Waals surface area contributed by atoms with E-state index in [1.54, 1.807) is 4.90 Å². The van der Waals surface area contributed by atoms with Gasteiger partial charge in [0, 0.05) is 24.7 Å². The monoisotopic (exact) mass is 313 g/mol. The summed E-state index contributed by atoms with van der Waals surface area (Å²) in [6, 6.07) is 4.07. The second-order valence-corrected chi connectivity index (χ2v) is 5.37. The molecule has 0 aliphatic carbocycles. The van der Waals surface area contributed by atoms with Crippen molar-refractivity contribution in [2.24, 2.45) is 0 Å². The second-order valence-electron chi connectivity index (χ2n) is 4.96. The first kappa shape index (κ1) is 17.4. The minimum absolute atomic E-state index is 0.0183. The summed E-state index contributed by atoms with van der Waals surface area (Å²) in [6.45, 7) is 4.02. The zero-order chi connectivity index (χ0) is 16.0. The quantitative estimate of drug-likeness (QED) is 0.573. The van der Waals surface area contributed by atoms with Gasteiger partial charge in [0.25, 0.3) is 11.6 Å². The molecule has 0 aliphatic heterocycles. The lowest BCUT2D eigenvalue weighted by Crippen LogP contribution is -2.33. The lowest BCUT2D eigenvalue weighted by molar-refractivity contribution is -0.384. The van der Waals surface area contributed by atoms with Crippen LogP contribution in [0.15, 0.2) is 18.2 Å². The molecule has 0 radical (unpaired) electrons. The van der Waals surface area contributed by atoms with E-state index >= 15 is 0 Å². The lowest BCUT2D eigenvalue weighted by Gasteiger charge is -2.22. The molecule has 0 fully saturated rings. The van der Waals surface area contributed by atoms with Crippen LogP contribution in [0.1, 0.15) is 23.7 Å². The summed E-state index contributed by atoms with van der Waals surface area (Å²) < 4.78 is 0. The van der Waals surface area contributed by atoms with Crippen molar-refractivity contribution < 1.29 is 9.72 Å². The van der Waals surface area contributed by atoms with Crippen LogP contribution in [-0.4, -0.2) is 54.4 Å². The Morgan fingerprint density at radius 2 is 2.00 bits per heavy atom. The molecule has 21 heavy (non-hydrogen) atoms. The van der Waals surface area contributed by atoms with Gasteiger partial charge in [-0.1, -0.05) is 11.6 Å². The zero-order valence-corrected chi connectivity index (χ0v) is 13.3. The molecule has 0 spiro atoms. The van der Waals surface area contributed by atoms with Gasteiger partial charge in [-0.15, -0.1) is 0 Å². The number of carbonyl (C=O) groups excluding carboxylic acids is 1. The molecular formula is C14H20ClN3O3. The summed E-state index contributed by atoms with van der Waals surface area (Å²) in [4.78, 5) is 26.3. The van der Waals surface area contributed by atoms with Crippen LogP contribution >= 0.6 is 11.6 Å². The Bertz CT molecular complexity index is 520. The topological polar surface area (TPSA) is 66.7 Å². The highest BCUT2D eigenvalue weighted by Crippen LogP contribution is 2.25. The van der Waals surface area contributed by atoms with Crippen molar-refractivity contribution in [1.82, 2.24) is 9.80 Å². The maximum Gasteiger partial charge on any atom is 0.287 e. The van der Waals surface area contributed by atoms with Crippen LogP contribution in [0, 0.1) is 10.1 Å². The molecule has 1 aromatic carbocycles. The second kappa shape index (κ2) is 7.95. The van der Waals surface area contributed by atoms with E-state index in [1.807, 2.05) is 21.0 Å². The van der Waals surface area contributed by atoms with Gasteiger partial charge < -0.3 is 9.80 Å². The number of nitro groups is 1. The first-order valence-corrected chi connectivity index (χ1v) is 7.12. The molecule has 116 valence electrons. The third kappa shape index (κ3) is 4.99. The third-order valence-corrected chi connectivity index (χ3v) is 3.40. The van der Waals surface area contributed by atoms with Crippen molar-refractivity contribution in [3.05, 3.63) is 38.9 Å². The van der Waals surface area contributed by atoms with Gasteiger partial charge in [0.2, 0.25) is 0 Å². The highest BCUT2D eigenvalue weighted by Gasteiger charge is 2.18. The predicted molar refractivity (Wildman–Crippen MR) is 82.9 cm³/mol. The van der Waals surface area contributed by atoms with Gasteiger partial charge in [-0.2, -0.15) is 0 Å². The molecule has 0 unspecified atom stereocenters. The molecule has 1 amide bonds. The number of rotatable bonds is 7. The smallest absolute Gasteiger partial charge is 0.287 e. The fraction of sp³-hybridized carbons (Fsp3) is 0.500. The molecule has 6 nitrogen and oxygen atoms in total. The molecule has 1 aromatic rings. The van der Waals surface area contributed by atoms with Gasteiger partial charge >= 0.3 is 0 Å². The average molecular weight is 314 g/mol. The molecule has 0 saturated heterocycles. The number of hydrogen-bond acceptors (Lipinski definition) is 4. The van der Waals surface area contributed by atoms with Crippen LogP contribution < -0.4 is 0 Å². The van der Waals surface area contributed by atoms with Crippen molar-refractivity contribution in [2.75, 3.05) is 33.7 Å². The van der Waals surface area contributed by atoms with Gasteiger partial charge in [-0.3, -0.25) is 14.9 Å². The van der Waals surface area contributed by atoms with Crippen molar-refractivity contribution in [1.29, 1.82) is 0 Å². The molecule has 0 saturated carbocycles. The van der Waals surface area contributed by atoms with E-state index < -0.39 is 4.92 Å². The first-order valence-electron chi connectivity index (χ1n) is 6.74. The van der Waals surface area contributed by atoms with Crippen LogP contribution in [0.25, 0.3) is 0 Å². The summed E-state index contributed by atoms with van der Waals surface area (Å²) in [7, 11) is 3.96. The van der Waals surface area contributed by atoms with Crippen molar-refractivity contribution in [3.63, 3.8) is 0 Å². The zero-order valence-electron chi connectivity index (χ0n) is 12.5. The molecule has 1 rings (SSSR count). The highest BCUT2D eigenvalue weighted by molar-refractivity contribution is 6.33. The largest absolute Gasteiger partial charge is 0.339 e. The van der Waals surface area contributed by atoms with E-state index in [9.17, 15) is 14.9 Å². The lowest BCUT2D eigenvalue weighted by atomic mass is 10.1. The maximum absolute atomic E-state index is 12.4. The van der Waals surface area contributed by atoms with Crippen LogP contribution in [-0.2, 0) is 0 Å². The number of halogens is 1. The molecular weight excluding hydrogens is 294 g/mol. The molecule has 0 heterocycles.